The average molecular weight is 265 g/mol. The lowest BCUT2D eigenvalue weighted by Crippen LogP contribution is -2.00. The molecule has 0 aromatic carbocycles. The molecule has 92 valence electrons. The molecule has 0 aliphatic rings. The molecule has 0 N–H and O–H groups in total. The number of unbranched alkanes of at least 4 members (excludes halogenated alkanes) is 1. The first kappa shape index (κ1) is 12.8. The monoisotopic (exact) mass is 265 g/mol. The SMILES string of the molecule is CCCCSCCn1cccc1-c1cccs1. The molecule has 2 heterocycles. The zero-order valence-corrected chi connectivity index (χ0v) is 11.9. The van der Waals surface area contributed by atoms with Crippen LogP contribution in [0.1, 0.15) is 19.8 Å². The van der Waals surface area contributed by atoms with Gasteiger partial charge in [-0.1, -0.05) is 19.4 Å². The molecule has 0 fully saturated rings. The van der Waals surface area contributed by atoms with E-state index in [1.807, 2.05) is 11.3 Å². The molecule has 0 aliphatic carbocycles. The van der Waals surface area contributed by atoms with Crippen LogP contribution in [0.3, 0.4) is 0 Å². The number of nitrogens with zero attached hydrogens (tertiary/aromatic N) is 1. The summed E-state index contributed by atoms with van der Waals surface area (Å²) in [7, 11) is 0. The summed E-state index contributed by atoms with van der Waals surface area (Å²) in [4.78, 5) is 1.37. The van der Waals surface area contributed by atoms with E-state index in [-0.39, 0.29) is 0 Å². The number of thiophene rings is 1. The Kier molecular flexibility index (Phi) is 5.20. The molecule has 0 spiro atoms. The van der Waals surface area contributed by atoms with Gasteiger partial charge in [-0.3, -0.25) is 0 Å². The van der Waals surface area contributed by atoms with Crippen molar-refractivity contribution in [3.63, 3.8) is 0 Å². The summed E-state index contributed by atoms with van der Waals surface area (Å²) in [5.41, 5.74) is 1.36. The molecular weight excluding hydrogens is 246 g/mol. The number of rotatable bonds is 7. The largest absolute Gasteiger partial charge is 0.346 e. The van der Waals surface area contributed by atoms with Crippen LogP contribution in [0, 0.1) is 0 Å². The second-order valence-electron chi connectivity index (χ2n) is 4.03. The number of hydrogen-bond acceptors (Lipinski definition) is 2. The van der Waals surface area contributed by atoms with E-state index in [9.17, 15) is 0 Å². The van der Waals surface area contributed by atoms with E-state index in [0.717, 1.165) is 6.54 Å². The third kappa shape index (κ3) is 3.65. The smallest absolute Gasteiger partial charge is 0.0581 e. The van der Waals surface area contributed by atoms with Gasteiger partial charge in [0.05, 0.1) is 10.6 Å². The maximum absolute atomic E-state index is 2.37. The van der Waals surface area contributed by atoms with Gasteiger partial charge in [0.15, 0.2) is 0 Å². The van der Waals surface area contributed by atoms with Crippen molar-refractivity contribution in [1.82, 2.24) is 4.57 Å². The molecule has 0 saturated heterocycles. The van der Waals surface area contributed by atoms with Crippen LogP contribution in [0.15, 0.2) is 35.8 Å². The van der Waals surface area contributed by atoms with Crippen LogP contribution in [-0.2, 0) is 6.54 Å². The molecule has 0 radical (unpaired) electrons. The lowest BCUT2D eigenvalue weighted by atomic mass is 10.3. The topological polar surface area (TPSA) is 4.93 Å². The van der Waals surface area contributed by atoms with E-state index >= 15 is 0 Å². The predicted octanol–water partition coefficient (Wildman–Crippen LogP) is 4.75. The van der Waals surface area contributed by atoms with E-state index < -0.39 is 0 Å². The van der Waals surface area contributed by atoms with Crippen LogP contribution >= 0.6 is 23.1 Å². The molecule has 2 aromatic rings. The summed E-state index contributed by atoms with van der Waals surface area (Å²) in [6, 6.07) is 8.67. The van der Waals surface area contributed by atoms with Crippen molar-refractivity contribution >= 4 is 23.1 Å². The van der Waals surface area contributed by atoms with Crippen LogP contribution in [0.5, 0.6) is 0 Å². The minimum absolute atomic E-state index is 1.12. The fraction of sp³-hybridized carbons (Fsp3) is 0.429. The van der Waals surface area contributed by atoms with E-state index in [1.54, 1.807) is 0 Å². The number of thioether (sulfide) groups is 1. The molecule has 0 unspecified atom stereocenters. The van der Waals surface area contributed by atoms with Gasteiger partial charge in [0.1, 0.15) is 0 Å². The van der Waals surface area contributed by atoms with Crippen molar-refractivity contribution in [2.75, 3.05) is 11.5 Å². The lowest BCUT2D eigenvalue weighted by molar-refractivity contribution is 0.786. The Balaban J connectivity index is 1.87. The molecule has 2 aromatic heterocycles. The van der Waals surface area contributed by atoms with Crippen LogP contribution in [0.25, 0.3) is 10.6 Å². The minimum atomic E-state index is 1.12. The molecule has 2 rings (SSSR count). The van der Waals surface area contributed by atoms with Gasteiger partial charge in [0.2, 0.25) is 0 Å². The highest BCUT2D eigenvalue weighted by atomic mass is 32.2. The Morgan fingerprint density at radius 3 is 2.94 bits per heavy atom. The first-order chi connectivity index (χ1) is 8.42. The third-order valence-corrected chi connectivity index (χ3v) is 4.66. The normalized spacial score (nSPS) is 10.9. The van der Waals surface area contributed by atoms with E-state index in [2.05, 4.69) is 59.1 Å². The molecule has 0 atom stereocenters. The van der Waals surface area contributed by atoms with Crippen molar-refractivity contribution < 1.29 is 0 Å². The van der Waals surface area contributed by atoms with Crippen LogP contribution in [0.4, 0.5) is 0 Å². The molecule has 0 bridgehead atoms. The molecule has 1 nitrogen and oxygen atoms in total. The predicted molar refractivity (Wildman–Crippen MR) is 80.0 cm³/mol. The Morgan fingerprint density at radius 2 is 2.18 bits per heavy atom. The van der Waals surface area contributed by atoms with E-state index in [1.165, 1.54) is 34.9 Å². The van der Waals surface area contributed by atoms with Gasteiger partial charge in [-0.15, -0.1) is 11.3 Å². The van der Waals surface area contributed by atoms with Crippen LogP contribution < -0.4 is 0 Å². The fourth-order valence-electron chi connectivity index (χ4n) is 1.77. The van der Waals surface area contributed by atoms with Crippen LogP contribution in [0.2, 0.25) is 0 Å². The van der Waals surface area contributed by atoms with Crippen molar-refractivity contribution in [3.05, 3.63) is 35.8 Å². The summed E-state index contributed by atoms with van der Waals surface area (Å²) < 4.78 is 2.37. The van der Waals surface area contributed by atoms with Crippen molar-refractivity contribution in [2.24, 2.45) is 0 Å². The molecular formula is C14H19NS2. The average Bonchev–Trinajstić information content (AvgIpc) is 2.98. The second kappa shape index (κ2) is 6.92. The number of hydrogen-bond donors (Lipinski definition) is 0. The van der Waals surface area contributed by atoms with Crippen molar-refractivity contribution in [1.29, 1.82) is 0 Å². The summed E-state index contributed by atoms with van der Waals surface area (Å²) in [5.74, 6) is 2.51. The zero-order valence-electron chi connectivity index (χ0n) is 10.3. The van der Waals surface area contributed by atoms with E-state index in [4.69, 9.17) is 0 Å². The molecule has 3 heteroatoms. The summed E-state index contributed by atoms with van der Waals surface area (Å²) in [6.45, 7) is 3.37. The third-order valence-electron chi connectivity index (χ3n) is 2.72. The standard InChI is InChI=1S/C14H19NS2/c1-2-3-10-16-12-9-15-8-4-6-13(15)14-7-5-11-17-14/h4-8,11H,2-3,9-10,12H2,1H3. The van der Waals surface area contributed by atoms with E-state index in [0.29, 0.717) is 0 Å². The first-order valence-corrected chi connectivity index (χ1v) is 8.22. The highest BCUT2D eigenvalue weighted by Crippen LogP contribution is 2.25. The number of aromatic nitrogens is 1. The molecule has 0 aliphatic heterocycles. The maximum atomic E-state index is 2.37. The Morgan fingerprint density at radius 1 is 1.24 bits per heavy atom. The molecule has 0 saturated carbocycles. The summed E-state index contributed by atoms with van der Waals surface area (Å²) >= 11 is 3.88. The lowest BCUT2D eigenvalue weighted by Gasteiger charge is -2.07. The molecule has 0 amide bonds. The second-order valence-corrected chi connectivity index (χ2v) is 6.20. The highest BCUT2D eigenvalue weighted by molar-refractivity contribution is 7.99. The van der Waals surface area contributed by atoms with Gasteiger partial charge in [-0.2, -0.15) is 11.8 Å². The summed E-state index contributed by atoms with van der Waals surface area (Å²) in [6.07, 6.45) is 4.83. The van der Waals surface area contributed by atoms with Gasteiger partial charge >= 0.3 is 0 Å². The Labute approximate surface area is 112 Å². The maximum Gasteiger partial charge on any atom is 0.0581 e. The quantitative estimate of drug-likeness (QED) is 0.654. The zero-order chi connectivity index (χ0) is 11.9. The van der Waals surface area contributed by atoms with Gasteiger partial charge in [-0.05, 0) is 35.8 Å². The Hall–Kier alpha value is -0.670. The minimum Gasteiger partial charge on any atom is -0.346 e. The van der Waals surface area contributed by atoms with Gasteiger partial charge in [0.25, 0.3) is 0 Å². The molecule has 17 heavy (non-hydrogen) atoms. The van der Waals surface area contributed by atoms with Crippen molar-refractivity contribution in [2.45, 2.75) is 26.3 Å². The van der Waals surface area contributed by atoms with Crippen molar-refractivity contribution in [3.8, 4) is 10.6 Å². The summed E-state index contributed by atoms with van der Waals surface area (Å²) in [5, 5.41) is 2.14. The first-order valence-electron chi connectivity index (χ1n) is 6.18. The number of aryl methyl sites for hydroxylation is 1. The Bertz CT molecular complexity index is 417. The van der Waals surface area contributed by atoms with Gasteiger partial charge in [0, 0.05) is 18.5 Å². The van der Waals surface area contributed by atoms with Crippen LogP contribution in [-0.4, -0.2) is 16.1 Å². The highest BCUT2D eigenvalue weighted by Gasteiger charge is 2.04. The fourth-order valence-corrected chi connectivity index (χ4v) is 3.56. The van der Waals surface area contributed by atoms with Gasteiger partial charge in [-0.25, -0.2) is 0 Å². The van der Waals surface area contributed by atoms with Gasteiger partial charge < -0.3 is 4.57 Å².